The molecule has 0 fully saturated rings. The summed E-state index contributed by atoms with van der Waals surface area (Å²) in [5.41, 5.74) is 2.15. The number of aromatic nitrogens is 1. The molecule has 33 heavy (non-hydrogen) atoms. The molecule has 6 heteroatoms. The summed E-state index contributed by atoms with van der Waals surface area (Å²) < 4.78 is 1.47. The second-order valence-electron chi connectivity index (χ2n) is 9.31. The number of nitrogens with one attached hydrogen (secondary N) is 1. The van der Waals surface area contributed by atoms with Gasteiger partial charge in [0.25, 0.3) is 11.5 Å². The highest BCUT2D eigenvalue weighted by Gasteiger charge is 2.35. The molecule has 168 valence electrons. The number of pyridine rings is 1. The van der Waals surface area contributed by atoms with E-state index in [9.17, 15) is 19.2 Å². The van der Waals surface area contributed by atoms with E-state index in [0.29, 0.717) is 35.3 Å². The molecule has 1 heterocycles. The van der Waals surface area contributed by atoms with Crippen molar-refractivity contribution in [3.8, 4) is 5.69 Å². The van der Waals surface area contributed by atoms with Crippen LogP contribution in [0.15, 0.2) is 65.5 Å². The fraction of sp³-hybridized carbons (Fsp3) is 0.259. The second-order valence-corrected chi connectivity index (χ2v) is 9.31. The third kappa shape index (κ3) is 4.55. The van der Waals surface area contributed by atoms with Crippen LogP contribution in [0.3, 0.4) is 0 Å². The molecule has 1 N–H and O–H groups in total. The van der Waals surface area contributed by atoms with E-state index in [1.54, 1.807) is 30.3 Å². The van der Waals surface area contributed by atoms with Gasteiger partial charge >= 0.3 is 0 Å². The highest BCUT2D eigenvalue weighted by molar-refractivity contribution is 6.04. The molecular weight excluding hydrogens is 416 g/mol. The summed E-state index contributed by atoms with van der Waals surface area (Å²) in [4.78, 5) is 51.8. The van der Waals surface area contributed by atoms with Gasteiger partial charge in [-0.1, -0.05) is 61.9 Å². The maximum absolute atomic E-state index is 13.5. The minimum atomic E-state index is -0.675. The number of carbonyl (C=O) groups excluding carboxylic acids is 3. The van der Waals surface area contributed by atoms with Crippen LogP contribution in [0.2, 0.25) is 0 Å². The fourth-order valence-corrected chi connectivity index (χ4v) is 4.23. The predicted octanol–water partition coefficient (Wildman–Crippen LogP) is 3.91. The Morgan fingerprint density at radius 3 is 2.30 bits per heavy atom. The maximum atomic E-state index is 13.5. The largest absolute Gasteiger partial charge is 0.344 e. The minimum Gasteiger partial charge on any atom is -0.344 e. The lowest BCUT2D eigenvalue weighted by molar-refractivity contribution is 0.0898. The molecule has 0 bridgehead atoms. The lowest BCUT2D eigenvalue weighted by Crippen LogP contribution is -2.39. The third-order valence-electron chi connectivity index (χ3n) is 5.93. The van der Waals surface area contributed by atoms with E-state index >= 15 is 0 Å². The van der Waals surface area contributed by atoms with Gasteiger partial charge in [0.05, 0.1) is 6.54 Å². The highest BCUT2D eigenvalue weighted by Crippen LogP contribution is 2.35. The highest BCUT2D eigenvalue weighted by atomic mass is 16.2. The molecule has 0 saturated heterocycles. The average molecular weight is 443 g/mol. The maximum Gasteiger partial charge on any atom is 0.268 e. The van der Waals surface area contributed by atoms with E-state index in [2.05, 4.69) is 5.32 Å². The van der Waals surface area contributed by atoms with Gasteiger partial charge in [0.1, 0.15) is 5.56 Å². The van der Waals surface area contributed by atoms with Gasteiger partial charge in [-0.3, -0.25) is 23.7 Å². The first-order valence-electron chi connectivity index (χ1n) is 10.9. The Hall–Kier alpha value is -3.80. The third-order valence-corrected chi connectivity index (χ3v) is 5.93. The number of ketones is 2. The summed E-state index contributed by atoms with van der Waals surface area (Å²) in [7, 11) is 0. The van der Waals surface area contributed by atoms with Crippen LogP contribution in [0, 0.1) is 12.3 Å². The number of carbonyl (C=O) groups is 3. The standard InChI is InChI=1S/C27H26N2O4/c1-17-9-11-19(12-10-17)29-22-14-27(2,3)15-23(30)20(22)13-21(26(29)33)25(32)28-16-24(31)18-7-5-4-6-8-18/h4-13H,14-16H2,1-3H3,(H,28,32). The molecule has 3 aromatic rings. The van der Waals surface area contributed by atoms with Crippen LogP contribution in [-0.2, 0) is 6.42 Å². The SMILES string of the molecule is Cc1ccc(-n2c3c(cc(C(=O)NCC(=O)c4ccccc4)c2=O)C(=O)CC(C)(C)C3)cc1. The Labute approximate surface area is 192 Å². The van der Waals surface area contributed by atoms with Gasteiger partial charge in [-0.25, -0.2) is 0 Å². The lowest BCUT2D eigenvalue weighted by atomic mass is 9.75. The fourth-order valence-electron chi connectivity index (χ4n) is 4.23. The summed E-state index contributed by atoms with van der Waals surface area (Å²) >= 11 is 0. The molecule has 1 aliphatic carbocycles. The second kappa shape index (κ2) is 8.62. The zero-order chi connectivity index (χ0) is 23.8. The van der Waals surface area contributed by atoms with E-state index in [1.165, 1.54) is 10.6 Å². The summed E-state index contributed by atoms with van der Waals surface area (Å²) in [5.74, 6) is -1.04. The Balaban J connectivity index is 1.76. The van der Waals surface area contributed by atoms with Crippen molar-refractivity contribution in [3.63, 3.8) is 0 Å². The molecule has 0 atom stereocenters. The molecule has 1 aliphatic rings. The summed E-state index contributed by atoms with van der Waals surface area (Å²) in [6.07, 6.45) is 0.866. The monoisotopic (exact) mass is 442 g/mol. The lowest BCUT2D eigenvalue weighted by Gasteiger charge is -2.32. The van der Waals surface area contributed by atoms with E-state index in [1.807, 2.05) is 45.0 Å². The van der Waals surface area contributed by atoms with Crippen LogP contribution in [0.4, 0.5) is 0 Å². The van der Waals surface area contributed by atoms with Gasteiger partial charge in [0, 0.05) is 28.9 Å². The number of nitrogens with zero attached hydrogens (tertiary/aromatic N) is 1. The van der Waals surface area contributed by atoms with Gasteiger partial charge in [0.15, 0.2) is 11.6 Å². The summed E-state index contributed by atoms with van der Waals surface area (Å²) in [5, 5.41) is 2.55. The first kappa shape index (κ1) is 22.4. The van der Waals surface area contributed by atoms with Gasteiger partial charge in [-0.2, -0.15) is 0 Å². The Kier molecular flexibility index (Phi) is 5.85. The number of hydrogen-bond donors (Lipinski definition) is 1. The Bertz CT molecular complexity index is 1300. The van der Waals surface area contributed by atoms with Gasteiger partial charge in [-0.15, -0.1) is 0 Å². The van der Waals surface area contributed by atoms with Gasteiger partial charge in [0.2, 0.25) is 0 Å². The van der Waals surface area contributed by atoms with E-state index in [0.717, 1.165) is 5.56 Å². The van der Waals surface area contributed by atoms with E-state index in [-0.39, 0.29) is 29.1 Å². The number of hydrogen-bond acceptors (Lipinski definition) is 4. The smallest absolute Gasteiger partial charge is 0.268 e. The van der Waals surface area contributed by atoms with Crippen LogP contribution < -0.4 is 10.9 Å². The molecule has 0 spiro atoms. The molecule has 0 radical (unpaired) electrons. The Morgan fingerprint density at radius 1 is 0.970 bits per heavy atom. The quantitative estimate of drug-likeness (QED) is 0.607. The van der Waals surface area contributed by atoms with Crippen molar-refractivity contribution in [1.82, 2.24) is 9.88 Å². The van der Waals surface area contributed by atoms with Crippen LogP contribution >= 0.6 is 0 Å². The predicted molar refractivity (Wildman–Crippen MR) is 126 cm³/mol. The number of benzene rings is 2. The molecule has 0 saturated carbocycles. The van der Waals surface area contributed by atoms with Crippen molar-refractivity contribution in [2.45, 2.75) is 33.6 Å². The molecule has 4 rings (SSSR count). The van der Waals surface area contributed by atoms with Crippen molar-refractivity contribution in [2.75, 3.05) is 6.54 Å². The van der Waals surface area contributed by atoms with Crippen molar-refractivity contribution in [1.29, 1.82) is 0 Å². The van der Waals surface area contributed by atoms with Crippen molar-refractivity contribution >= 4 is 17.5 Å². The van der Waals surface area contributed by atoms with Crippen LogP contribution in [0.5, 0.6) is 0 Å². The first-order valence-corrected chi connectivity index (χ1v) is 10.9. The molecular formula is C27H26N2O4. The topological polar surface area (TPSA) is 85.2 Å². The van der Waals surface area contributed by atoms with Crippen LogP contribution in [-0.4, -0.2) is 28.6 Å². The van der Waals surface area contributed by atoms with Crippen molar-refractivity contribution in [3.05, 3.63) is 99.0 Å². The minimum absolute atomic E-state index is 0.100. The number of fused-ring (bicyclic) bond motifs is 1. The normalized spacial score (nSPS) is 14.5. The number of Topliss-reactive ketones (excluding diaryl/α,β-unsaturated/α-hetero) is 2. The number of amides is 1. The molecule has 1 amide bonds. The zero-order valence-corrected chi connectivity index (χ0v) is 19.0. The average Bonchev–Trinajstić information content (AvgIpc) is 2.78. The number of aryl methyl sites for hydroxylation is 1. The van der Waals surface area contributed by atoms with Crippen molar-refractivity contribution in [2.24, 2.45) is 5.41 Å². The van der Waals surface area contributed by atoms with Gasteiger partial charge < -0.3 is 5.32 Å². The Morgan fingerprint density at radius 2 is 1.64 bits per heavy atom. The van der Waals surface area contributed by atoms with Gasteiger partial charge in [-0.05, 0) is 37.0 Å². The molecule has 0 unspecified atom stereocenters. The summed E-state index contributed by atoms with van der Waals surface area (Å²) in [6, 6.07) is 17.4. The molecule has 6 nitrogen and oxygen atoms in total. The molecule has 0 aliphatic heterocycles. The van der Waals surface area contributed by atoms with E-state index < -0.39 is 11.5 Å². The number of rotatable bonds is 5. The van der Waals surface area contributed by atoms with Crippen LogP contribution in [0.1, 0.15) is 62.6 Å². The van der Waals surface area contributed by atoms with Crippen LogP contribution in [0.25, 0.3) is 5.69 Å². The molecule has 1 aromatic heterocycles. The van der Waals surface area contributed by atoms with Crippen molar-refractivity contribution < 1.29 is 14.4 Å². The zero-order valence-electron chi connectivity index (χ0n) is 19.0. The summed E-state index contributed by atoms with van der Waals surface area (Å²) in [6.45, 7) is 5.69. The first-order chi connectivity index (χ1) is 15.7. The van der Waals surface area contributed by atoms with E-state index in [4.69, 9.17) is 0 Å². The molecule has 2 aromatic carbocycles.